The first-order valence-electron chi connectivity index (χ1n) is 8.61. The largest absolute Gasteiger partial charge is 0.314 e. The van der Waals surface area contributed by atoms with Crippen LogP contribution in [0.25, 0.3) is 0 Å². The SMILES string of the molecule is CCCNC1CCCC(N2CC(C)CC(C)C2C)C1. The molecule has 1 N–H and O–H groups in total. The van der Waals surface area contributed by atoms with Crippen LogP contribution in [-0.4, -0.2) is 36.1 Å². The van der Waals surface area contributed by atoms with Gasteiger partial charge in [-0.1, -0.05) is 27.2 Å². The monoisotopic (exact) mass is 266 g/mol. The maximum absolute atomic E-state index is 3.75. The second-order valence-electron chi connectivity index (χ2n) is 7.23. The Hall–Kier alpha value is -0.0800. The van der Waals surface area contributed by atoms with Crippen molar-refractivity contribution in [2.45, 2.75) is 84.3 Å². The summed E-state index contributed by atoms with van der Waals surface area (Å²) >= 11 is 0. The number of nitrogens with zero attached hydrogens (tertiary/aromatic N) is 1. The van der Waals surface area contributed by atoms with Crippen molar-refractivity contribution in [3.05, 3.63) is 0 Å². The van der Waals surface area contributed by atoms with E-state index in [2.05, 4.69) is 37.9 Å². The first kappa shape index (κ1) is 15.3. The molecule has 1 aliphatic heterocycles. The van der Waals surface area contributed by atoms with E-state index in [0.29, 0.717) is 0 Å². The summed E-state index contributed by atoms with van der Waals surface area (Å²) in [6, 6.07) is 2.40. The first-order chi connectivity index (χ1) is 9.11. The minimum atomic E-state index is 0.776. The molecule has 2 rings (SSSR count). The van der Waals surface area contributed by atoms with E-state index in [4.69, 9.17) is 0 Å². The average molecular weight is 266 g/mol. The van der Waals surface area contributed by atoms with Crippen LogP contribution in [-0.2, 0) is 0 Å². The number of rotatable bonds is 4. The minimum absolute atomic E-state index is 0.776. The zero-order valence-corrected chi connectivity index (χ0v) is 13.5. The lowest BCUT2D eigenvalue weighted by atomic mass is 9.81. The molecule has 0 spiro atoms. The number of likely N-dealkylation sites (tertiary alicyclic amines) is 1. The summed E-state index contributed by atoms with van der Waals surface area (Å²) in [7, 11) is 0. The van der Waals surface area contributed by atoms with E-state index >= 15 is 0 Å². The van der Waals surface area contributed by atoms with Gasteiger partial charge in [0, 0.05) is 24.7 Å². The van der Waals surface area contributed by atoms with Crippen LogP contribution in [0.5, 0.6) is 0 Å². The van der Waals surface area contributed by atoms with E-state index in [1.165, 1.54) is 51.6 Å². The first-order valence-corrected chi connectivity index (χ1v) is 8.61. The lowest BCUT2D eigenvalue weighted by Crippen LogP contribution is -2.53. The van der Waals surface area contributed by atoms with E-state index in [-0.39, 0.29) is 0 Å². The highest BCUT2D eigenvalue weighted by Gasteiger charge is 2.35. The predicted octanol–water partition coefficient (Wildman–Crippen LogP) is 3.66. The van der Waals surface area contributed by atoms with Crippen molar-refractivity contribution < 1.29 is 0 Å². The molecular weight excluding hydrogens is 232 g/mol. The van der Waals surface area contributed by atoms with E-state index in [0.717, 1.165) is 30.0 Å². The fraction of sp³-hybridized carbons (Fsp3) is 1.00. The Labute approximate surface area is 120 Å². The average Bonchev–Trinajstić information content (AvgIpc) is 2.41. The zero-order valence-electron chi connectivity index (χ0n) is 13.5. The molecule has 2 heteroatoms. The molecule has 0 aromatic carbocycles. The number of hydrogen-bond donors (Lipinski definition) is 1. The van der Waals surface area contributed by atoms with Crippen LogP contribution in [0, 0.1) is 11.8 Å². The van der Waals surface area contributed by atoms with Gasteiger partial charge in [0.25, 0.3) is 0 Å². The highest BCUT2D eigenvalue weighted by molar-refractivity contribution is 4.90. The second kappa shape index (κ2) is 7.08. The van der Waals surface area contributed by atoms with Gasteiger partial charge in [0.05, 0.1) is 0 Å². The summed E-state index contributed by atoms with van der Waals surface area (Å²) in [5.41, 5.74) is 0. The zero-order chi connectivity index (χ0) is 13.8. The summed E-state index contributed by atoms with van der Waals surface area (Å²) < 4.78 is 0. The fourth-order valence-electron chi connectivity index (χ4n) is 4.24. The highest BCUT2D eigenvalue weighted by atomic mass is 15.2. The molecule has 19 heavy (non-hydrogen) atoms. The van der Waals surface area contributed by atoms with E-state index in [9.17, 15) is 0 Å². The molecule has 1 heterocycles. The molecule has 0 bridgehead atoms. The Morgan fingerprint density at radius 2 is 1.89 bits per heavy atom. The third kappa shape index (κ3) is 3.95. The van der Waals surface area contributed by atoms with E-state index in [1.54, 1.807) is 0 Å². The second-order valence-corrected chi connectivity index (χ2v) is 7.23. The number of piperidine rings is 1. The molecule has 0 radical (unpaired) electrons. The van der Waals surface area contributed by atoms with Crippen LogP contribution in [0.1, 0.15) is 66.2 Å². The van der Waals surface area contributed by atoms with Crippen molar-refractivity contribution in [2.24, 2.45) is 11.8 Å². The van der Waals surface area contributed by atoms with Crippen LogP contribution in [0.3, 0.4) is 0 Å². The third-order valence-corrected chi connectivity index (χ3v) is 5.44. The van der Waals surface area contributed by atoms with Crippen molar-refractivity contribution in [3.63, 3.8) is 0 Å². The summed E-state index contributed by atoms with van der Waals surface area (Å²) in [6.45, 7) is 12.1. The van der Waals surface area contributed by atoms with Crippen LogP contribution in [0.4, 0.5) is 0 Å². The molecule has 0 amide bonds. The molecule has 112 valence electrons. The van der Waals surface area contributed by atoms with Crippen molar-refractivity contribution in [2.75, 3.05) is 13.1 Å². The fourth-order valence-corrected chi connectivity index (χ4v) is 4.24. The molecule has 1 aliphatic carbocycles. The Balaban J connectivity index is 1.92. The normalized spacial score (nSPS) is 41.4. The molecule has 1 saturated carbocycles. The van der Waals surface area contributed by atoms with Crippen molar-refractivity contribution in [1.82, 2.24) is 10.2 Å². The molecule has 0 aromatic heterocycles. The maximum Gasteiger partial charge on any atom is 0.0113 e. The number of hydrogen-bond acceptors (Lipinski definition) is 2. The molecular formula is C17H34N2. The van der Waals surface area contributed by atoms with Gasteiger partial charge in [-0.05, 0) is 57.4 Å². The van der Waals surface area contributed by atoms with Gasteiger partial charge in [-0.2, -0.15) is 0 Å². The van der Waals surface area contributed by atoms with Crippen molar-refractivity contribution in [1.29, 1.82) is 0 Å². The summed E-state index contributed by atoms with van der Waals surface area (Å²) in [4.78, 5) is 2.85. The molecule has 2 nitrogen and oxygen atoms in total. The smallest absolute Gasteiger partial charge is 0.0113 e. The van der Waals surface area contributed by atoms with Gasteiger partial charge in [-0.3, -0.25) is 4.90 Å². The van der Waals surface area contributed by atoms with Gasteiger partial charge >= 0.3 is 0 Å². The third-order valence-electron chi connectivity index (χ3n) is 5.44. The molecule has 2 aliphatic rings. The molecule has 1 saturated heterocycles. The minimum Gasteiger partial charge on any atom is -0.314 e. The predicted molar refractivity (Wildman–Crippen MR) is 83.5 cm³/mol. The van der Waals surface area contributed by atoms with Crippen LogP contribution in [0.15, 0.2) is 0 Å². The Morgan fingerprint density at radius 3 is 2.63 bits per heavy atom. The van der Waals surface area contributed by atoms with E-state index in [1.807, 2.05) is 0 Å². The van der Waals surface area contributed by atoms with Crippen molar-refractivity contribution >= 4 is 0 Å². The lowest BCUT2D eigenvalue weighted by Gasteiger charge is -2.47. The number of nitrogens with one attached hydrogen (secondary N) is 1. The molecule has 5 unspecified atom stereocenters. The van der Waals surface area contributed by atoms with Gasteiger partial charge < -0.3 is 5.32 Å². The highest BCUT2D eigenvalue weighted by Crippen LogP contribution is 2.33. The van der Waals surface area contributed by atoms with E-state index < -0.39 is 0 Å². The standard InChI is InChI=1S/C17H34N2/c1-5-9-18-16-7-6-8-17(11-16)19-12-13(2)10-14(3)15(19)4/h13-18H,5-12H2,1-4H3. The summed E-state index contributed by atoms with van der Waals surface area (Å²) in [6.07, 6.45) is 8.29. The molecule has 2 fully saturated rings. The van der Waals surface area contributed by atoms with Crippen LogP contribution >= 0.6 is 0 Å². The topological polar surface area (TPSA) is 15.3 Å². The Morgan fingerprint density at radius 1 is 1.11 bits per heavy atom. The summed E-state index contributed by atoms with van der Waals surface area (Å²) in [5, 5.41) is 3.75. The quantitative estimate of drug-likeness (QED) is 0.835. The molecule has 0 aromatic rings. The van der Waals surface area contributed by atoms with Crippen LogP contribution < -0.4 is 5.32 Å². The Bertz CT molecular complexity index is 266. The Kier molecular flexibility index (Phi) is 5.70. The van der Waals surface area contributed by atoms with Gasteiger partial charge in [0.15, 0.2) is 0 Å². The van der Waals surface area contributed by atoms with Gasteiger partial charge in [0.1, 0.15) is 0 Å². The lowest BCUT2D eigenvalue weighted by molar-refractivity contribution is 0.0205. The van der Waals surface area contributed by atoms with Crippen LogP contribution in [0.2, 0.25) is 0 Å². The molecule has 5 atom stereocenters. The summed E-state index contributed by atoms with van der Waals surface area (Å²) in [5.74, 6) is 1.75. The maximum atomic E-state index is 3.75. The van der Waals surface area contributed by atoms with Gasteiger partial charge in [0.2, 0.25) is 0 Å². The van der Waals surface area contributed by atoms with Crippen molar-refractivity contribution in [3.8, 4) is 0 Å². The van der Waals surface area contributed by atoms with Gasteiger partial charge in [-0.15, -0.1) is 0 Å². The van der Waals surface area contributed by atoms with Gasteiger partial charge in [-0.25, -0.2) is 0 Å².